The quantitative estimate of drug-likeness (QED) is 0.355. The minimum absolute atomic E-state index is 0.116. The fourth-order valence-electron chi connectivity index (χ4n) is 3.48. The second kappa shape index (κ2) is 9.62. The maximum absolute atomic E-state index is 13.1. The van der Waals surface area contributed by atoms with E-state index in [1.807, 2.05) is 37.7 Å². The zero-order valence-electron chi connectivity index (χ0n) is 22.2. The van der Waals surface area contributed by atoms with Crippen LogP contribution in [0.4, 0.5) is 18.9 Å². The second-order valence-corrected chi connectivity index (χ2v) is 16.4. The molecule has 0 saturated carbocycles. The lowest BCUT2D eigenvalue weighted by Crippen LogP contribution is -2.41. The standard InChI is InChI=1S/C26H35F3N4O2Si/c1-24(2,3)18-15-20-17(16-33(32-20)12-13-35-36(7,8)25(4,5)6)14-21(18)31-23(34)19-10-9-11-22(30-19)26(27,28)29/h9-11,14-16H,12-13H2,1-8H3,(H,31,34). The van der Waals surface area contributed by atoms with E-state index < -0.39 is 26.1 Å². The Morgan fingerprint density at radius 2 is 1.75 bits per heavy atom. The summed E-state index contributed by atoms with van der Waals surface area (Å²) in [7, 11) is -1.87. The van der Waals surface area contributed by atoms with Gasteiger partial charge in [0.05, 0.1) is 18.7 Å². The average Bonchev–Trinajstić information content (AvgIpc) is 3.12. The molecule has 0 bridgehead atoms. The molecule has 0 aliphatic carbocycles. The molecule has 1 amide bonds. The molecular weight excluding hydrogens is 485 g/mol. The molecular formula is C26H35F3N4O2Si. The highest BCUT2D eigenvalue weighted by Crippen LogP contribution is 2.37. The summed E-state index contributed by atoms with van der Waals surface area (Å²) in [5, 5.41) is 8.38. The Hall–Kier alpha value is -2.72. The Morgan fingerprint density at radius 1 is 1.08 bits per heavy atom. The van der Waals surface area contributed by atoms with Crippen molar-refractivity contribution >= 4 is 30.8 Å². The van der Waals surface area contributed by atoms with Crippen molar-refractivity contribution in [3.8, 4) is 0 Å². The zero-order valence-corrected chi connectivity index (χ0v) is 23.2. The summed E-state index contributed by atoms with van der Waals surface area (Å²) in [5.41, 5.74) is 0.329. The van der Waals surface area contributed by atoms with Gasteiger partial charge in [-0.3, -0.25) is 9.48 Å². The van der Waals surface area contributed by atoms with Gasteiger partial charge in [0.1, 0.15) is 11.4 Å². The third-order valence-corrected chi connectivity index (χ3v) is 11.1. The van der Waals surface area contributed by atoms with Crippen molar-refractivity contribution in [3.05, 3.63) is 53.5 Å². The molecule has 0 spiro atoms. The molecule has 0 atom stereocenters. The van der Waals surface area contributed by atoms with E-state index in [-0.39, 0.29) is 16.1 Å². The molecule has 3 rings (SSSR count). The van der Waals surface area contributed by atoms with E-state index in [0.717, 1.165) is 22.5 Å². The van der Waals surface area contributed by atoms with Crippen molar-refractivity contribution < 1.29 is 22.4 Å². The number of halogens is 3. The Bertz CT molecular complexity index is 1250. The first-order valence-corrected chi connectivity index (χ1v) is 14.8. The minimum atomic E-state index is -4.63. The summed E-state index contributed by atoms with van der Waals surface area (Å²) in [6, 6.07) is 7.00. The highest BCUT2D eigenvalue weighted by Gasteiger charge is 2.37. The number of nitrogens with zero attached hydrogens (tertiary/aromatic N) is 3. The van der Waals surface area contributed by atoms with E-state index in [1.165, 1.54) is 12.1 Å². The van der Waals surface area contributed by atoms with Gasteiger partial charge in [0.25, 0.3) is 5.91 Å². The SMILES string of the molecule is CC(C)(C)c1cc2nn(CCO[Si](C)(C)C(C)(C)C)cc2cc1NC(=O)c1cccc(C(F)(F)F)n1. The number of carbonyl (C=O) groups is 1. The molecule has 196 valence electrons. The van der Waals surface area contributed by atoms with Crippen LogP contribution in [0.1, 0.15) is 63.3 Å². The van der Waals surface area contributed by atoms with Crippen molar-refractivity contribution in [2.75, 3.05) is 11.9 Å². The van der Waals surface area contributed by atoms with Gasteiger partial charge in [-0.15, -0.1) is 0 Å². The number of rotatable bonds is 6. The van der Waals surface area contributed by atoms with Crippen molar-refractivity contribution in [2.24, 2.45) is 0 Å². The van der Waals surface area contributed by atoms with Crippen LogP contribution in [0.3, 0.4) is 0 Å². The highest BCUT2D eigenvalue weighted by atomic mass is 28.4. The first-order chi connectivity index (χ1) is 16.4. The van der Waals surface area contributed by atoms with E-state index >= 15 is 0 Å². The molecule has 3 aromatic rings. The molecule has 6 nitrogen and oxygen atoms in total. The lowest BCUT2D eigenvalue weighted by molar-refractivity contribution is -0.141. The van der Waals surface area contributed by atoms with Gasteiger partial charge >= 0.3 is 6.18 Å². The van der Waals surface area contributed by atoms with Crippen molar-refractivity contribution in [1.82, 2.24) is 14.8 Å². The van der Waals surface area contributed by atoms with Crippen LogP contribution in [0.2, 0.25) is 18.1 Å². The predicted molar refractivity (Wildman–Crippen MR) is 139 cm³/mol. The van der Waals surface area contributed by atoms with Crippen LogP contribution in [-0.2, 0) is 22.6 Å². The molecule has 1 aromatic carbocycles. The van der Waals surface area contributed by atoms with Gasteiger partial charge in [-0.05, 0) is 53.4 Å². The fraction of sp³-hybridized carbons (Fsp3) is 0.500. The van der Waals surface area contributed by atoms with Crippen LogP contribution in [-0.4, -0.2) is 35.6 Å². The Morgan fingerprint density at radius 3 is 2.33 bits per heavy atom. The number of alkyl halides is 3. The van der Waals surface area contributed by atoms with E-state index in [2.05, 4.69) is 49.3 Å². The number of carbonyl (C=O) groups excluding carboxylic acids is 1. The van der Waals surface area contributed by atoms with Gasteiger partial charge in [0.15, 0.2) is 8.32 Å². The second-order valence-electron chi connectivity index (χ2n) is 11.6. The molecule has 36 heavy (non-hydrogen) atoms. The smallest absolute Gasteiger partial charge is 0.415 e. The summed E-state index contributed by atoms with van der Waals surface area (Å²) in [4.78, 5) is 16.4. The lowest BCUT2D eigenvalue weighted by Gasteiger charge is -2.36. The van der Waals surface area contributed by atoms with Gasteiger partial charge in [-0.1, -0.05) is 47.6 Å². The number of pyridine rings is 1. The number of hydrogen-bond acceptors (Lipinski definition) is 4. The monoisotopic (exact) mass is 520 g/mol. The fourth-order valence-corrected chi connectivity index (χ4v) is 4.51. The third-order valence-electron chi connectivity index (χ3n) is 6.61. The normalized spacial score (nSPS) is 13.3. The van der Waals surface area contributed by atoms with Crippen LogP contribution >= 0.6 is 0 Å². The third kappa shape index (κ3) is 6.33. The predicted octanol–water partition coefficient (Wildman–Crippen LogP) is 7.02. The summed E-state index contributed by atoms with van der Waals surface area (Å²) in [5.74, 6) is -0.707. The van der Waals surface area contributed by atoms with Gasteiger partial charge < -0.3 is 9.74 Å². The van der Waals surface area contributed by atoms with Crippen LogP contribution in [0.5, 0.6) is 0 Å². The molecule has 0 radical (unpaired) electrons. The van der Waals surface area contributed by atoms with Gasteiger partial charge in [0.2, 0.25) is 0 Å². The Labute approximate surface area is 211 Å². The molecule has 10 heteroatoms. The maximum atomic E-state index is 13.1. The van der Waals surface area contributed by atoms with Gasteiger partial charge in [-0.2, -0.15) is 18.3 Å². The van der Waals surface area contributed by atoms with Crippen LogP contribution < -0.4 is 5.32 Å². The summed E-state index contributed by atoms with van der Waals surface area (Å²) >= 11 is 0. The molecule has 0 aliphatic heterocycles. The molecule has 0 fully saturated rings. The molecule has 2 aromatic heterocycles. The topological polar surface area (TPSA) is 69.0 Å². The highest BCUT2D eigenvalue weighted by molar-refractivity contribution is 6.74. The van der Waals surface area contributed by atoms with Crippen molar-refractivity contribution in [2.45, 2.75) is 77.8 Å². The summed E-state index contributed by atoms with van der Waals surface area (Å²) in [6.07, 6.45) is -2.75. The largest absolute Gasteiger partial charge is 0.433 e. The number of fused-ring (bicyclic) bond motifs is 1. The number of benzene rings is 1. The number of amides is 1. The first kappa shape index (κ1) is 27.9. The zero-order chi connectivity index (χ0) is 27.1. The van der Waals surface area contributed by atoms with E-state index in [9.17, 15) is 18.0 Å². The molecule has 0 saturated heterocycles. The number of hydrogen-bond donors (Lipinski definition) is 1. The lowest BCUT2D eigenvalue weighted by atomic mass is 9.85. The molecule has 2 heterocycles. The minimum Gasteiger partial charge on any atom is -0.415 e. The van der Waals surface area contributed by atoms with Crippen molar-refractivity contribution in [3.63, 3.8) is 0 Å². The Balaban J connectivity index is 1.88. The molecule has 0 unspecified atom stereocenters. The number of nitrogens with one attached hydrogen (secondary N) is 1. The molecule has 1 N–H and O–H groups in total. The number of anilines is 1. The maximum Gasteiger partial charge on any atom is 0.433 e. The van der Waals surface area contributed by atoms with E-state index in [4.69, 9.17) is 4.43 Å². The van der Waals surface area contributed by atoms with E-state index in [1.54, 1.807) is 6.07 Å². The summed E-state index contributed by atoms with van der Waals surface area (Å²) in [6.45, 7) is 18.1. The van der Waals surface area contributed by atoms with E-state index in [0.29, 0.717) is 18.8 Å². The van der Waals surface area contributed by atoms with Crippen LogP contribution in [0.25, 0.3) is 10.9 Å². The first-order valence-electron chi connectivity index (χ1n) is 11.9. The van der Waals surface area contributed by atoms with Crippen LogP contribution in [0, 0.1) is 0 Å². The Kier molecular flexibility index (Phi) is 7.45. The average molecular weight is 521 g/mol. The van der Waals surface area contributed by atoms with Crippen molar-refractivity contribution in [1.29, 1.82) is 0 Å². The van der Waals surface area contributed by atoms with Crippen LogP contribution in [0.15, 0.2) is 36.5 Å². The van der Waals surface area contributed by atoms with Gasteiger partial charge in [-0.25, -0.2) is 4.98 Å². The number of aromatic nitrogens is 3. The summed E-state index contributed by atoms with van der Waals surface area (Å²) < 4.78 is 47.3. The molecule has 0 aliphatic rings. The van der Waals surface area contributed by atoms with Gasteiger partial charge in [0, 0.05) is 17.3 Å².